The third-order valence-electron chi connectivity index (χ3n) is 4.68. The predicted octanol–water partition coefficient (Wildman–Crippen LogP) is 1.97. The number of rotatable bonds is 7. The molecule has 0 saturated heterocycles. The van der Waals surface area contributed by atoms with Crippen molar-refractivity contribution in [2.75, 3.05) is 13.1 Å². The Kier molecular flexibility index (Phi) is 4.46. The molecule has 2 aromatic heterocycles. The van der Waals surface area contributed by atoms with E-state index in [-0.39, 0.29) is 11.3 Å². The highest BCUT2D eigenvalue weighted by atomic mass is 32.2. The molecular weight excluding hydrogens is 344 g/mol. The monoisotopic (exact) mass is 366 g/mol. The lowest BCUT2D eigenvalue weighted by molar-refractivity contribution is 0.162. The molecule has 1 unspecified atom stereocenters. The van der Waals surface area contributed by atoms with E-state index in [4.69, 9.17) is 0 Å². The summed E-state index contributed by atoms with van der Waals surface area (Å²) in [6.45, 7) is 3.20. The van der Waals surface area contributed by atoms with Crippen molar-refractivity contribution in [1.29, 1.82) is 0 Å². The molecule has 1 atom stereocenters. The average Bonchev–Trinajstić information content (AvgIpc) is 3.11. The molecule has 24 heavy (non-hydrogen) atoms. The van der Waals surface area contributed by atoms with Crippen LogP contribution in [0.2, 0.25) is 0 Å². The average molecular weight is 367 g/mol. The van der Waals surface area contributed by atoms with Crippen LogP contribution in [0.3, 0.4) is 0 Å². The quantitative estimate of drug-likeness (QED) is 0.814. The van der Waals surface area contributed by atoms with Gasteiger partial charge in [0.25, 0.3) is 0 Å². The van der Waals surface area contributed by atoms with Crippen molar-refractivity contribution in [3.05, 3.63) is 40.3 Å². The van der Waals surface area contributed by atoms with Gasteiger partial charge in [-0.15, -0.1) is 0 Å². The molecule has 3 heterocycles. The lowest BCUT2D eigenvalue weighted by atomic mass is 10.1. The molecule has 0 spiro atoms. The van der Waals surface area contributed by atoms with Gasteiger partial charge >= 0.3 is 0 Å². The van der Waals surface area contributed by atoms with E-state index < -0.39 is 10.0 Å². The first-order valence-corrected chi connectivity index (χ1v) is 10.8. The molecule has 1 saturated carbocycles. The number of thiophene rings is 1. The third kappa shape index (κ3) is 3.56. The maximum Gasteiger partial charge on any atom is 0.214 e. The summed E-state index contributed by atoms with van der Waals surface area (Å²) < 4.78 is 28.8. The number of hydrogen-bond donors (Lipinski definition) is 1. The van der Waals surface area contributed by atoms with Gasteiger partial charge in [-0.1, -0.05) is 0 Å². The van der Waals surface area contributed by atoms with Gasteiger partial charge in [-0.3, -0.25) is 9.58 Å². The van der Waals surface area contributed by atoms with E-state index in [1.807, 2.05) is 6.20 Å². The topological polar surface area (TPSA) is 67.2 Å². The molecule has 0 bridgehead atoms. The second kappa shape index (κ2) is 6.59. The molecule has 8 heteroatoms. The van der Waals surface area contributed by atoms with Crippen LogP contribution < -0.4 is 4.72 Å². The number of nitrogens with zero attached hydrogens (tertiary/aromatic N) is 3. The van der Waals surface area contributed by atoms with Crippen molar-refractivity contribution < 1.29 is 8.42 Å². The van der Waals surface area contributed by atoms with Crippen LogP contribution in [0, 0.1) is 0 Å². The number of sulfonamides is 1. The number of nitrogens with one attached hydrogen (secondary N) is 1. The van der Waals surface area contributed by atoms with Gasteiger partial charge in [0.05, 0.1) is 17.0 Å². The molecule has 0 amide bonds. The summed E-state index contributed by atoms with van der Waals surface area (Å²) in [7, 11) is -3.10. The Hall–Kier alpha value is -1.22. The molecule has 1 fully saturated rings. The van der Waals surface area contributed by atoms with E-state index in [2.05, 4.69) is 42.3 Å². The predicted molar refractivity (Wildman–Crippen MR) is 94.3 cm³/mol. The lowest BCUT2D eigenvalue weighted by Gasteiger charge is -2.33. The van der Waals surface area contributed by atoms with Crippen LogP contribution in [0.25, 0.3) is 0 Å². The number of aromatic nitrogens is 2. The van der Waals surface area contributed by atoms with Crippen LogP contribution in [0.1, 0.15) is 36.6 Å². The molecule has 0 radical (unpaired) electrons. The van der Waals surface area contributed by atoms with E-state index in [0.717, 1.165) is 38.9 Å². The van der Waals surface area contributed by atoms with Crippen molar-refractivity contribution in [1.82, 2.24) is 19.4 Å². The Labute approximate surface area is 146 Å². The van der Waals surface area contributed by atoms with Gasteiger partial charge in [0.15, 0.2) is 0 Å². The van der Waals surface area contributed by atoms with Gasteiger partial charge < -0.3 is 0 Å². The molecule has 1 aliphatic carbocycles. The molecule has 1 N–H and O–H groups in total. The summed E-state index contributed by atoms with van der Waals surface area (Å²) in [6.07, 6.45) is 4.21. The Balaban J connectivity index is 1.39. The number of fused-ring (bicyclic) bond motifs is 1. The first kappa shape index (κ1) is 16.3. The van der Waals surface area contributed by atoms with Crippen molar-refractivity contribution in [2.24, 2.45) is 0 Å². The molecular formula is C16H22N4O2S2. The van der Waals surface area contributed by atoms with Crippen LogP contribution in [0.4, 0.5) is 0 Å². The fourth-order valence-corrected chi connectivity index (χ4v) is 5.36. The Morgan fingerprint density at radius 3 is 2.96 bits per heavy atom. The Morgan fingerprint density at radius 2 is 2.21 bits per heavy atom. The zero-order chi connectivity index (χ0) is 16.6. The number of hydrogen-bond acceptors (Lipinski definition) is 5. The summed E-state index contributed by atoms with van der Waals surface area (Å²) in [5.74, 6) is 0. The third-order valence-corrected chi connectivity index (χ3v) is 7.37. The van der Waals surface area contributed by atoms with Gasteiger partial charge in [0.2, 0.25) is 10.0 Å². The normalized spacial score (nSPS) is 21.8. The Bertz CT molecular complexity index is 781. The molecule has 2 aromatic rings. The van der Waals surface area contributed by atoms with E-state index >= 15 is 0 Å². The first-order chi connectivity index (χ1) is 11.6. The largest absolute Gasteiger partial charge is 0.291 e. The minimum atomic E-state index is -3.10. The van der Waals surface area contributed by atoms with Gasteiger partial charge in [-0.25, -0.2) is 13.1 Å². The molecule has 0 aromatic carbocycles. The fraction of sp³-hybridized carbons (Fsp3) is 0.562. The smallest absolute Gasteiger partial charge is 0.214 e. The highest BCUT2D eigenvalue weighted by molar-refractivity contribution is 7.90. The van der Waals surface area contributed by atoms with E-state index in [0.29, 0.717) is 6.54 Å². The lowest BCUT2D eigenvalue weighted by Crippen LogP contribution is -2.39. The molecule has 4 rings (SSSR count). The maximum atomic E-state index is 12.0. The van der Waals surface area contributed by atoms with Gasteiger partial charge in [-0.2, -0.15) is 16.4 Å². The highest BCUT2D eigenvalue weighted by Gasteiger charge is 2.35. The van der Waals surface area contributed by atoms with Crippen molar-refractivity contribution >= 4 is 21.4 Å². The van der Waals surface area contributed by atoms with Crippen molar-refractivity contribution in [2.45, 2.75) is 43.6 Å². The summed E-state index contributed by atoms with van der Waals surface area (Å²) in [5.41, 5.74) is 2.53. The summed E-state index contributed by atoms with van der Waals surface area (Å²) in [6, 6.07) is 4.43. The summed E-state index contributed by atoms with van der Waals surface area (Å²) in [5, 5.41) is 8.58. The van der Waals surface area contributed by atoms with Gasteiger partial charge in [0, 0.05) is 32.4 Å². The minimum Gasteiger partial charge on any atom is -0.291 e. The van der Waals surface area contributed by atoms with Crippen LogP contribution in [-0.4, -0.2) is 41.4 Å². The summed E-state index contributed by atoms with van der Waals surface area (Å²) >= 11 is 1.72. The van der Waals surface area contributed by atoms with Crippen LogP contribution in [-0.2, 0) is 23.1 Å². The van der Waals surface area contributed by atoms with Crippen LogP contribution in [0.15, 0.2) is 29.1 Å². The second-order valence-electron chi connectivity index (χ2n) is 6.65. The van der Waals surface area contributed by atoms with Gasteiger partial charge in [-0.05, 0) is 47.7 Å². The van der Waals surface area contributed by atoms with Gasteiger partial charge in [0.1, 0.15) is 0 Å². The second-order valence-corrected chi connectivity index (χ2v) is 9.47. The Morgan fingerprint density at radius 1 is 1.33 bits per heavy atom. The minimum absolute atomic E-state index is 0.154. The van der Waals surface area contributed by atoms with Crippen molar-refractivity contribution in [3.8, 4) is 0 Å². The fourth-order valence-electron chi connectivity index (χ4n) is 3.30. The van der Waals surface area contributed by atoms with E-state index in [9.17, 15) is 8.42 Å². The first-order valence-electron chi connectivity index (χ1n) is 8.36. The zero-order valence-electron chi connectivity index (χ0n) is 13.5. The van der Waals surface area contributed by atoms with Crippen LogP contribution in [0.5, 0.6) is 0 Å². The highest BCUT2D eigenvalue weighted by Crippen LogP contribution is 2.28. The van der Waals surface area contributed by atoms with Crippen molar-refractivity contribution in [3.63, 3.8) is 0 Å². The molecule has 6 nitrogen and oxygen atoms in total. The van der Waals surface area contributed by atoms with E-state index in [1.165, 1.54) is 11.3 Å². The standard InChI is InChI=1S/C16H22N4O2S2/c21-24(22,16-1-2-16)18-7-4-15-11-19(9-13-5-8-23-12-13)10-14-3-6-17-20(14)15/h3,5-6,8,12,15-16,18H,1-2,4,7,9-11H2. The summed E-state index contributed by atoms with van der Waals surface area (Å²) in [4.78, 5) is 2.42. The molecule has 130 valence electrons. The SMILES string of the molecule is O=S(=O)(NCCC1CN(Cc2ccsc2)Cc2ccnn21)C1CC1. The molecule has 2 aliphatic rings. The molecule has 1 aliphatic heterocycles. The van der Waals surface area contributed by atoms with Crippen LogP contribution >= 0.6 is 11.3 Å². The zero-order valence-corrected chi connectivity index (χ0v) is 15.1. The van der Waals surface area contributed by atoms with E-state index in [1.54, 1.807) is 11.3 Å². The maximum absolute atomic E-state index is 12.0.